The fourth-order valence-electron chi connectivity index (χ4n) is 1.72. The largest absolute Gasteiger partial charge is 0.366 e. The molecular weight excluding hydrogens is 278 g/mol. The molecule has 2 rings (SSSR count). The Hall–Kier alpha value is -2.15. The van der Waals surface area contributed by atoms with Gasteiger partial charge in [0.15, 0.2) is 9.84 Å². The number of hydrogen-bond donors (Lipinski definition) is 2. The smallest absolute Gasteiger partial charge is 0.252 e. The minimum atomic E-state index is -3.18. The molecule has 1 aromatic heterocycles. The van der Waals surface area contributed by atoms with Crippen LogP contribution in [0.15, 0.2) is 40.0 Å². The number of rotatable bonds is 4. The van der Waals surface area contributed by atoms with E-state index in [1.807, 2.05) is 0 Å². The van der Waals surface area contributed by atoms with Crippen molar-refractivity contribution in [2.45, 2.75) is 18.4 Å². The molecule has 0 radical (unpaired) electrons. The summed E-state index contributed by atoms with van der Waals surface area (Å²) in [5.41, 5.74) is 0.685. The Balaban J connectivity index is 2.09. The number of nitrogens with zero attached hydrogens (tertiary/aromatic N) is 1. The van der Waals surface area contributed by atoms with Gasteiger partial charge in [0, 0.05) is 18.9 Å². The second-order valence-corrected chi connectivity index (χ2v) is 6.50. The molecule has 0 atom stereocenters. The molecule has 20 heavy (non-hydrogen) atoms. The van der Waals surface area contributed by atoms with Crippen LogP contribution in [0.1, 0.15) is 11.4 Å². The lowest BCUT2D eigenvalue weighted by molar-refractivity contribution is 0.602. The maximum atomic E-state index is 11.3. The molecule has 0 fully saturated rings. The van der Waals surface area contributed by atoms with Gasteiger partial charge in [0.2, 0.25) is 0 Å². The second-order valence-electron chi connectivity index (χ2n) is 4.49. The summed E-state index contributed by atoms with van der Waals surface area (Å²) in [6, 6.07) is 7.94. The van der Waals surface area contributed by atoms with Gasteiger partial charge in [0.05, 0.1) is 4.90 Å². The molecule has 0 bridgehead atoms. The minimum Gasteiger partial charge on any atom is -0.366 e. The first-order valence-corrected chi connectivity index (χ1v) is 7.84. The molecule has 2 aromatic rings. The van der Waals surface area contributed by atoms with Crippen LogP contribution in [0.2, 0.25) is 0 Å². The normalized spacial score (nSPS) is 11.3. The van der Waals surface area contributed by atoms with Crippen molar-refractivity contribution in [2.75, 3.05) is 11.6 Å². The predicted molar refractivity (Wildman–Crippen MR) is 76.5 cm³/mol. The van der Waals surface area contributed by atoms with E-state index in [1.165, 1.54) is 12.3 Å². The molecule has 2 N–H and O–H groups in total. The third-order valence-electron chi connectivity index (χ3n) is 2.69. The summed E-state index contributed by atoms with van der Waals surface area (Å²) in [7, 11) is -3.18. The van der Waals surface area contributed by atoms with E-state index in [2.05, 4.69) is 15.3 Å². The Kier molecular flexibility index (Phi) is 3.89. The van der Waals surface area contributed by atoms with Gasteiger partial charge >= 0.3 is 0 Å². The number of benzene rings is 1. The topological polar surface area (TPSA) is 91.9 Å². The fraction of sp³-hybridized carbons (Fsp3) is 0.231. The van der Waals surface area contributed by atoms with Gasteiger partial charge in [-0.15, -0.1) is 0 Å². The molecule has 0 saturated heterocycles. The maximum absolute atomic E-state index is 11.3. The highest BCUT2D eigenvalue weighted by Crippen LogP contribution is 2.11. The lowest BCUT2D eigenvalue weighted by Gasteiger charge is -2.06. The van der Waals surface area contributed by atoms with Crippen LogP contribution < -0.4 is 10.9 Å². The van der Waals surface area contributed by atoms with Crippen molar-refractivity contribution in [1.82, 2.24) is 9.97 Å². The van der Waals surface area contributed by atoms with Crippen molar-refractivity contribution < 1.29 is 8.42 Å². The van der Waals surface area contributed by atoms with Crippen LogP contribution >= 0.6 is 0 Å². The van der Waals surface area contributed by atoms with E-state index in [1.54, 1.807) is 31.2 Å². The van der Waals surface area contributed by atoms with Crippen LogP contribution in [-0.4, -0.2) is 24.6 Å². The quantitative estimate of drug-likeness (QED) is 0.880. The van der Waals surface area contributed by atoms with E-state index in [0.717, 1.165) is 5.56 Å². The van der Waals surface area contributed by atoms with Gasteiger partial charge < -0.3 is 10.3 Å². The first-order valence-electron chi connectivity index (χ1n) is 5.95. The molecule has 0 aliphatic heterocycles. The fourth-order valence-corrected chi connectivity index (χ4v) is 2.35. The molecule has 1 heterocycles. The summed E-state index contributed by atoms with van der Waals surface area (Å²) in [6.07, 6.45) is 1.17. The van der Waals surface area contributed by atoms with Crippen molar-refractivity contribution in [1.29, 1.82) is 0 Å². The van der Waals surface area contributed by atoms with Crippen LogP contribution in [-0.2, 0) is 16.4 Å². The molecule has 7 heteroatoms. The first-order chi connectivity index (χ1) is 9.34. The predicted octanol–water partition coefficient (Wildman–Crippen LogP) is 1.09. The van der Waals surface area contributed by atoms with Crippen LogP contribution in [0, 0.1) is 6.92 Å². The number of aromatic nitrogens is 2. The number of sulfone groups is 1. The highest BCUT2D eigenvalue weighted by atomic mass is 32.2. The van der Waals surface area contributed by atoms with Gasteiger partial charge in [-0.3, -0.25) is 4.79 Å². The van der Waals surface area contributed by atoms with Gasteiger partial charge in [0.1, 0.15) is 11.6 Å². The van der Waals surface area contributed by atoms with E-state index in [0.29, 0.717) is 18.2 Å². The summed E-state index contributed by atoms with van der Waals surface area (Å²) in [5, 5.41) is 3.02. The van der Waals surface area contributed by atoms with Crippen molar-refractivity contribution in [3.63, 3.8) is 0 Å². The van der Waals surface area contributed by atoms with E-state index in [9.17, 15) is 13.2 Å². The molecule has 1 aromatic carbocycles. The molecule has 6 nitrogen and oxygen atoms in total. The highest BCUT2D eigenvalue weighted by Gasteiger charge is 2.06. The third-order valence-corrected chi connectivity index (χ3v) is 3.81. The van der Waals surface area contributed by atoms with E-state index in [-0.39, 0.29) is 10.5 Å². The number of hydrogen-bond acceptors (Lipinski definition) is 5. The Labute approximate surface area is 116 Å². The van der Waals surface area contributed by atoms with E-state index in [4.69, 9.17) is 0 Å². The second kappa shape index (κ2) is 5.46. The first kappa shape index (κ1) is 14.3. The number of anilines is 1. The Morgan fingerprint density at radius 2 is 1.90 bits per heavy atom. The standard InChI is InChI=1S/C13H15N3O3S/c1-9-15-12(7-13(17)16-9)14-8-10-3-5-11(6-4-10)20(2,18)19/h3-7H,8H2,1-2H3,(H2,14,15,16,17). The lowest BCUT2D eigenvalue weighted by atomic mass is 10.2. The minimum absolute atomic E-state index is 0.215. The van der Waals surface area contributed by atoms with Gasteiger partial charge in [-0.1, -0.05) is 12.1 Å². The molecule has 0 aliphatic rings. The zero-order chi connectivity index (χ0) is 14.8. The molecule has 0 spiro atoms. The molecule has 0 unspecified atom stereocenters. The van der Waals surface area contributed by atoms with Crippen LogP contribution in [0.3, 0.4) is 0 Å². The maximum Gasteiger partial charge on any atom is 0.252 e. The van der Waals surface area contributed by atoms with Gasteiger partial charge in [0.25, 0.3) is 5.56 Å². The zero-order valence-corrected chi connectivity index (χ0v) is 12.0. The number of aryl methyl sites for hydroxylation is 1. The summed E-state index contributed by atoms with van der Waals surface area (Å²) >= 11 is 0. The monoisotopic (exact) mass is 293 g/mol. The SMILES string of the molecule is Cc1nc(NCc2ccc(S(C)(=O)=O)cc2)cc(=O)[nH]1. The summed E-state index contributed by atoms with van der Waals surface area (Å²) in [6.45, 7) is 2.16. The van der Waals surface area contributed by atoms with Crippen molar-refractivity contribution in [3.05, 3.63) is 52.1 Å². The van der Waals surface area contributed by atoms with E-state index >= 15 is 0 Å². The zero-order valence-electron chi connectivity index (χ0n) is 11.2. The molecule has 0 aliphatic carbocycles. The van der Waals surface area contributed by atoms with Crippen molar-refractivity contribution >= 4 is 15.7 Å². The van der Waals surface area contributed by atoms with Gasteiger partial charge in [-0.25, -0.2) is 13.4 Å². The Morgan fingerprint density at radius 3 is 2.45 bits per heavy atom. The Morgan fingerprint density at radius 1 is 1.25 bits per heavy atom. The van der Waals surface area contributed by atoms with Crippen molar-refractivity contribution in [3.8, 4) is 0 Å². The molecular formula is C13H15N3O3S. The molecule has 106 valence electrons. The van der Waals surface area contributed by atoms with Crippen molar-refractivity contribution in [2.24, 2.45) is 0 Å². The van der Waals surface area contributed by atoms with Crippen LogP contribution in [0.4, 0.5) is 5.82 Å². The van der Waals surface area contributed by atoms with Crippen LogP contribution in [0.25, 0.3) is 0 Å². The average Bonchev–Trinajstić information content (AvgIpc) is 2.35. The summed E-state index contributed by atoms with van der Waals surface area (Å²) in [5.74, 6) is 1.02. The Bertz CT molecular complexity index is 764. The highest BCUT2D eigenvalue weighted by molar-refractivity contribution is 7.90. The number of H-pyrrole nitrogens is 1. The molecule has 0 amide bonds. The number of aromatic amines is 1. The third kappa shape index (κ3) is 3.67. The summed E-state index contributed by atoms with van der Waals surface area (Å²) < 4.78 is 22.7. The van der Waals surface area contributed by atoms with E-state index < -0.39 is 9.84 Å². The van der Waals surface area contributed by atoms with Gasteiger partial charge in [-0.05, 0) is 24.6 Å². The van der Waals surface area contributed by atoms with Crippen LogP contribution in [0.5, 0.6) is 0 Å². The lowest BCUT2D eigenvalue weighted by Crippen LogP contribution is -2.11. The van der Waals surface area contributed by atoms with Gasteiger partial charge in [-0.2, -0.15) is 0 Å². The summed E-state index contributed by atoms with van der Waals surface area (Å²) in [4.78, 5) is 18.3. The average molecular weight is 293 g/mol. The number of nitrogens with one attached hydrogen (secondary N) is 2. The molecule has 0 saturated carbocycles.